The Labute approximate surface area is 196 Å². The van der Waals surface area contributed by atoms with Gasteiger partial charge in [-0.1, -0.05) is 35.0 Å². The van der Waals surface area contributed by atoms with Crippen LogP contribution < -0.4 is 5.56 Å². The Morgan fingerprint density at radius 3 is 2.56 bits per heavy atom. The lowest BCUT2D eigenvalue weighted by atomic mass is 10.1. The summed E-state index contributed by atoms with van der Waals surface area (Å²) in [5, 5.41) is 6.99. The number of carbonyl (C=O) groups is 1. The quantitative estimate of drug-likeness (QED) is 0.484. The van der Waals surface area contributed by atoms with E-state index in [4.69, 9.17) is 4.52 Å². The summed E-state index contributed by atoms with van der Waals surface area (Å²) >= 11 is 0. The Bertz CT molecular complexity index is 1380. The topological polar surface area (TPSA) is 113 Å². The van der Waals surface area contributed by atoms with Gasteiger partial charge in [-0.05, 0) is 20.8 Å². The van der Waals surface area contributed by atoms with Crippen LogP contribution in [-0.2, 0) is 11.2 Å². The largest absolute Gasteiger partial charge is 0.340 e. The summed E-state index contributed by atoms with van der Waals surface area (Å²) < 4.78 is 6.91. The van der Waals surface area contributed by atoms with Crippen LogP contribution >= 0.6 is 0 Å². The van der Waals surface area contributed by atoms with E-state index < -0.39 is 0 Å². The molecule has 1 amide bonds. The van der Waals surface area contributed by atoms with Crippen LogP contribution in [0.4, 0.5) is 0 Å². The highest BCUT2D eigenvalue weighted by atomic mass is 16.5. The maximum Gasteiger partial charge on any atom is 0.276 e. The molecule has 34 heavy (non-hydrogen) atoms. The number of hydrogen-bond acceptors (Lipinski definition) is 7. The summed E-state index contributed by atoms with van der Waals surface area (Å²) in [7, 11) is 0. The van der Waals surface area contributed by atoms with Crippen LogP contribution in [0.25, 0.3) is 17.0 Å². The molecule has 1 aliphatic rings. The van der Waals surface area contributed by atoms with Gasteiger partial charge in [0.25, 0.3) is 5.56 Å². The molecule has 0 saturated carbocycles. The molecule has 0 radical (unpaired) electrons. The highest BCUT2D eigenvalue weighted by Crippen LogP contribution is 2.24. The van der Waals surface area contributed by atoms with E-state index in [-0.39, 0.29) is 23.9 Å². The fraction of sp³-hybridized carbons (Fsp3) is 0.375. The van der Waals surface area contributed by atoms with E-state index in [2.05, 4.69) is 25.1 Å². The van der Waals surface area contributed by atoms with Crippen LogP contribution in [0.1, 0.15) is 35.7 Å². The number of carbonyl (C=O) groups excluding carboxylic acids is 1. The Balaban J connectivity index is 1.21. The molecule has 1 aromatic carbocycles. The first-order valence-corrected chi connectivity index (χ1v) is 11.4. The number of aryl methyl sites for hydroxylation is 2. The summed E-state index contributed by atoms with van der Waals surface area (Å²) in [6.45, 7) is 8.34. The van der Waals surface area contributed by atoms with Gasteiger partial charge in [-0.15, -0.1) is 0 Å². The van der Waals surface area contributed by atoms with Crippen molar-refractivity contribution in [2.24, 2.45) is 0 Å². The third-order valence-electron chi connectivity index (χ3n) is 6.50. The number of nitrogens with one attached hydrogen (secondary N) is 1. The smallest absolute Gasteiger partial charge is 0.276 e. The first-order chi connectivity index (χ1) is 16.4. The highest BCUT2D eigenvalue weighted by molar-refractivity contribution is 5.79. The predicted octanol–water partition coefficient (Wildman–Crippen LogP) is 2.14. The van der Waals surface area contributed by atoms with Crippen molar-refractivity contribution in [2.75, 3.05) is 26.2 Å². The fourth-order valence-corrected chi connectivity index (χ4v) is 4.31. The maximum atomic E-state index is 13.0. The minimum Gasteiger partial charge on any atom is -0.340 e. The molecule has 1 unspecified atom stereocenters. The minimum absolute atomic E-state index is 0.0404. The summed E-state index contributed by atoms with van der Waals surface area (Å²) in [5.74, 6) is 1.06. The summed E-state index contributed by atoms with van der Waals surface area (Å²) in [6.07, 6.45) is 1.70. The molecule has 4 aromatic rings. The van der Waals surface area contributed by atoms with E-state index >= 15 is 0 Å². The SMILES string of the molecule is Cc1ccc(-c2noc(C(C)N3CCN(C(=O)Cc4c(C)nc5cc[nH]n5c4=O)CC3)n2)cc1. The van der Waals surface area contributed by atoms with Crippen molar-refractivity contribution in [1.82, 2.24) is 34.5 Å². The lowest BCUT2D eigenvalue weighted by Crippen LogP contribution is -2.50. The fourth-order valence-electron chi connectivity index (χ4n) is 4.31. The molecular weight excluding hydrogens is 434 g/mol. The normalized spacial score (nSPS) is 15.7. The van der Waals surface area contributed by atoms with Gasteiger partial charge in [0.1, 0.15) is 0 Å². The van der Waals surface area contributed by atoms with Crippen molar-refractivity contribution in [3.8, 4) is 11.4 Å². The Morgan fingerprint density at radius 2 is 1.82 bits per heavy atom. The molecule has 10 nitrogen and oxygen atoms in total. The number of H-pyrrole nitrogens is 1. The third kappa shape index (κ3) is 4.12. The molecule has 0 bridgehead atoms. The van der Waals surface area contributed by atoms with Gasteiger partial charge in [0, 0.05) is 55.3 Å². The number of piperazine rings is 1. The summed E-state index contributed by atoms with van der Waals surface area (Å²) in [6, 6.07) is 9.68. The van der Waals surface area contributed by atoms with Crippen LogP contribution in [0, 0.1) is 13.8 Å². The van der Waals surface area contributed by atoms with Crippen LogP contribution in [0.5, 0.6) is 0 Å². The maximum absolute atomic E-state index is 13.0. The monoisotopic (exact) mass is 461 g/mol. The third-order valence-corrected chi connectivity index (χ3v) is 6.50. The molecule has 1 saturated heterocycles. The van der Waals surface area contributed by atoms with Crippen molar-refractivity contribution in [1.29, 1.82) is 0 Å². The molecule has 5 rings (SSSR count). The second-order valence-electron chi connectivity index (χ2n) is 8.73. The second kappa shape index (κ2) is 8.86. The van der Waals surface area contributed by atoms with Gasteiger partial charge in [-0.3, -0.25) is 19.6 Å². The molecule has 1 N–H and O–H groups in total. The van der Waals surface area contributed by atoms with Gasteiger partial charge < -0.3 is 9.42 Å². The number of hydrogen-bond donors (Lipinski definition) is 1. The van der Waals surface area contributed by atoms with Crippen molar-refractivity contribution >= 4 is 11.6 Å². The average molecular weight is 462 g/mol. The van der Waals surface area contributed by atoms with Crippen LogP contribution in [0.15, 0.2) is 45.8 Å². The lowest BCUT2D eigenvalue weighted by molar-refractivity contribution is -0.132. The molecule has 176 valence electrons. The van der Waals surface area contributed by atoms with E-state index in [9.17, 15) is 9.59 Å². The zero-order valence-corrected chi connectivity index (χ0v) is 19.5. The van der Waals surface area contributed by atoms with E-state index in [0.29, 0.717) is 54.8 Å². The number of aromatic amines is 1. The lowest BCUT2D eigenvalue weighted by Gasteiger charge is -2.36. The number of fused-ring (bicyclic) bond motifs is 1. The van der Waals surface area contributed by atoms with E-state index in [0.717, 1.165) is 5.56 Å². The zero-order valence-electron chi connectivity index (χ0n) is 19.5. The van der Waals surface area contributed by atoms with Gasteiger partial charge in [-0.2, -0.15) is 4.98 Å². The summed E-state index contributed by atoms with van der Waals surface area (Å²) in [5.41, 5.74) is 3.43. The van der Waals surface area contributed by atoms with E-state index in [1.807, 2.05) is 38.1 Å². The van der Waals surface area contributed by atoms with Crippen molar-refractivity contribution < 1.29 is 9.32 Å². The molecule has 1 atom stereocenters. The highest BCUT2D eigenvalue weighted by Gasteiger charge is 2.28. The van der Waals surface area contributed by atoms with Gasteiger partial charge in [0.15, 0.2) is 5.65 Å². The number of rotatable bonds is 5. The molecular formula is C24H27N7O3. The van der Waals surface area contributed by atoms with Gasteiger partial charge >= 0.3 is 0 Å². The molecule has 4 heterocycles. The first kappa shape index (κ1) is 22.0. The second-order valence-corrected chi connectivity index (χ2v) is 8.73. The minimum atomic E-state index is -0.228. The molecule has 0 aliphatic carbocycles. The number of aromatic nitrogens is 5. The number of amides is 1. The molecule has 10 heteroatoms. The van der Waals surface area contributed by atoms with Gasteiger partial charge in [0.05, 0.1) is 12.5 Å². The summed E-state index contributed by atoms with van der Waals surface area (Å²) in [4.78, 5) is 38.7. The van der Waals surface area contributed by atoms with Crippen molar-refractivity contribution in [3.63, 3.8) is 0 Å². The molecule has 3 aromatic heterocycles. The van der Waals surface area contributed by atoms with Crippen molar-refractivity contribution in [2.45, 2.75) is 33.2 Å². The first-order valence-electron chi connectivity index (χ1n) is 11.4. The average Bonchev–Trinajstić information content (AvgIpc) is 3.52. The molecule has 1 fully saturated rings. The standard InChI is InChI=1S/C24H27N7O3/c1-15-4-6-18(7-5-15)22-27-23(34-28-22)17(3)29-10-12-30(13-11-29)21(32)14-19-16(2)26-20-8-9-25-31(20)24(19)33/h4-9,17,25H,10-14H2,1-3H3. The zero-order chi connectivity index (χ0) is 23.8. The molecule has 1 aliphatic heterocycles. The van der Waals surface area contributed by atoms with Crippen LogP contribution in [-0.4, -0.2) is 66.6 Å². The predicted molar refractivity (Wildman–Crippen MR) is 125 cm³/mol. The number of nitrogens with zero attached hydrogens (tertiary/aromatic N) is 6. The Hall–Kier alpha value is -3.79. The van der Waals surface area contributed by atoms with Crippen molar-refractivity contribution in [3.05, 3.63) is 69.6 Å². The van der Waals surface area contributed by atoms with E-state index in [1.54, 1.807) is 24.1 Å². The van der Waals surface area contributed by atoms with Crippen LogP contribution in [0.2, 0.25) is 0 Å². The molecule has 0 spiro atoms. The van der Waals surface area contributed by atoms with Gasteiger partial charge in [-0.25, -0.2) is 9.50 Å². The van der Waals surface area contributed by atoms with Gasteiger partial charge in [0.2, 0.25) is 17.6 Å². The van der Waals surface area contributed by atoms with E-state index in [1.165, 1.54) is 10.1 Å². The Kier molecular flexibility index (Phi) is 5.74. The number of benzene rings is 1. The Morgan fingerprint density at radius 1 is 1.09 bits per heavy atom. The van der Waals surface area contributed by atoms with Crippen LogP contribution in [0.3, 0.4) is 0 Å².